The standard InChI is InChI=1S/C22H23FN4O3S/c1-3-26(4-2)19(28)14-30-20(29)15-31-22-25-24-21(17-12-8-9-13-18(17)23)27(22)16-10-6-5-7-11-16/h5-13H,3-4,14-15H2,1-2H3. The van der Waals surface area contributed by atoms with Crippen LogP contribution in [0.25, 0.3) is 17.1 Å². The van der Waals surface area contributed by atoms with E-state index in [2.05, 4.69) is 10.2 Å². The Morgan fingerprint density at radius 2 is 1.71 bits per heavy atom. The van der Waals surface area contributed by atoms with Crippen LogP contribution in [0.2, 0.25) is 0 Å². The van der Waals surface area contributed by atoms with Crippen molar-refractivity contribution in [2.75, 3.05) is 25.4 Å². The van der Waals surface area contributed by atoms with Crippen LogP contribution in [0.3, 0.4) is 0 Å². The SMILES string of the molecule is CCN(CC)C(=O)COC(=O)CSc1nnc(-c2ccccc2F)n1-c1ccccc1. The van der Waals surface area contributed by atoms with E-state index in [-0.39, 0.29) is 18.3 Å². The summed E-state index contributed by atoms with van der Waals surface area (Å²) in [7, 11) is 0. The fourth-order valence-electron chi connectivity index (χ4n) is 2.97. The number of likely N-dealkylation sites (N-methyl/N-ethyl adjacent to an activating group) is 1. The zero-order chi connectivity index (χ0) is 22.2. The number of carbonyl (C=O) groups is 2. The van der Waals surface area contributed by atoms with Crippen molar-refractivity contribution < 1.29 is 18.7 Å². The molecule has 0 fully saturated rings. The second-order valence-electron chi connectivity index (χ2n) is 6.47. The molecule has 0 atom stereocenters. The van der Waals surface area contributed by atoms with E-state index in [1.807, 2.05) is 44.2 Å². The van der Waals surface area contributed by atoms with Crippen LogP contribution in [-0.4, -0.2) is 57.0 Å². The lowest BCUT2D eigenvalue weighted by atomic mass is 10.2. The molecule has 3 rings (SSSR count). The Hall–Kier alpha value is -3.20. The fraction of sp³-hybridized carbons (Fsp3) is 0.273. The van der Waals surface area contributed by atoms with Crippen molar-refractivity contribution in [2.45, 2.75) is 19.0 Å². The number of halogens is 1. The largest absolute Gasteiger partial charge is 0.455 e. The van der Waals surface area contributed by atoms with Crippen LogP contribution in [0.15, 0.2) is 59.8 Å². The minimum Gasteiger partial charge on any atom is -0.455 e. The number of hydrogen-bond acceptors (Lipinski definition) is 6. The third-order valence-electron chi connectivity index (χ3n) is 4.55. The van der Waals surface area contributed by atoms with Crippen molar-refractivity contribution >= 4 is 23.6 Å². The van der Waals surface area contributed by atoms with Gasteiger partial charge in [0.15, 0.2) is 17.6 Å². The van der Waals surface area contributed by atoms with E-state index < -0.39 is 11.8 Å². The molecule has 0 unspecified atom stereocenters. The molecule has 0 aliphatic rings. The van der Waals surface area contributed by atoms with Gasteiger partial charge in [-0.1, -0.05) is 42.1 Å². The number of benzene rings is 2. The molecule has 1 aromatic heterocycles. The molecular formula is C22H23FN4O3S. The van der Waals surface area contributed by atoms with E-state index in [1.165, 1.54) is 6.07 Å². The van der Waals surface area contributed by atoms with E-state index in [0.29, 0.717) is 29.6 Å². The predicted molar refractivity (Wildman–Crippen MR) is 116 cm³/mol. The lowest BCUT2D eigenvalue weighted by molar-refractivity contribution is -0.149. The summed E-state index contributed by atoms with van der Waals surface area (Å²) >= 11 is 1.11. The van der Waals surface area contributed by atoms with Crippen LogP contribution in [-0.2, 0) is 14.3 Å². The first-order chi connectivity index (χ1) is 15.0. The lowest BCUT2D eigenvalue weighted by Crippen LogP contribution is -2.34. The first kappa shape index (κ1) is 22.5. The molecule has 0 radical (unpaired) electrons. The van der Waals surface area contributed by atoms with Gasteiger partial charge in [0.25, 0.3) is 5.91 Å². The average Bonchev–Trinajstić information content (AvgIpc) is 3.21. The van der Waals surface area contributed by atoms with Gasteiger partial charge in [0.1, 0.15) is 5.82 Å². The molecule has 162 valence electrons. The van der Waals surface area contributed by atoms with Gasteiger partial charge in [-0.2, -0.15) is 0 Å². The highest BCUT2D eigenvalue weighted by atomic mass is 32.2. The summed E-state index contributed by atoms with van der Waals surface area (Å²) in [5.74, 6) is -0.929. The summed E-state index contributed by atoms with van der Waals surface area (Å²) in [6, 6.07) is 15.6. The van der Waals surface area contributed by atoms with Crippen LogP contribution in [0.1, 0.15) is 13.8 Å². The van der Waals surface area contributed by atoms with E-state index in [4.69, 9.17) is 4.74 Å². The van der Waals surface area contributed by atoms with E-state index in [0.717, 1.165) is 17.4 Å². The highest BCUT2D eigenvalue weighted by molar-refractivity contribution is 7.99. The first-order valence-corrected chi connectivity index (χ1v) is 10.9. The zero-order valence-corrected chi connectivity index (χ0v) is 18.1. The van der Waals surface area contributed by atoms with Crippen LogP contribution < -0.4 is 0 Å². The molecule has 9 heteroatoms. The molecule has 0 aliphatic carbocycles. The quantitative estimate of drug-likeness (QED) is 0.372. The number of esters is 1. The van der Waals surface area contributed by atoms with Gasteiger partial charge in [-0.15, -0.1) is 10.2 Å². The Kier molecular flexibility index (Phi) is 7.77. The van der Waals surface area contributed by atoms with Gasteiger partial charge in [0, 0.05) is 18.8 Å². The van der Waals surface area contributed by atoms with Gasteiger partial charge in [0.05, 0.1) is 11.3 Å². The molecule has 0 saturated heterocycles. The number of carbonyl (C=O) groups excluding carboxylic acids is 2. The molecule has 0 aliphatic heterocycles. The first-order valence-electron chi connectivity index (χ1n) is 9.87. The summed E-state index contributed by atoms with van der Waals surface area (Å²) in [5, 5.41) is 8.73. The number of rotatable bonds is 9. The fourth-order valence-corrected chi connectivity index (χ4v) is 3.72. The Morgan fingerprint density at radius 3 is 2.39 bits per heavy atom. The molecule has 1 heterocycles. The van der Waals surface area contributed by atoms with Crippen LogP contribution in [0.5, 0.6) is 0 Å². The summed E-state index contributed by atoms with van der Waals surface area (Å²) in [5.41, 5.74) is 1.04. The smallest absolute Gasteiger partial charge is 0.316 e. The number of para-hydroxylation sites is 1. The molecule has 0 N–H and O–H groups in total. The molecule has 1 amide bonds. The van der Waals surface area contributed by atoms with Crippen molar-refractivity contribution in [1.82, 2.24) is 19.7 Å². The molecule has 0 bridgehead atoms. The maximum absolute atomic E-state index is 14.4. The van der Waals surface area contributed by atoms with Gasteiger partial charge in [-0.05, 0) is 38.1 Å². The van der Waals surface area contributed by atoms with Crippen molar-refractivity contribution in [3.05, 3.63) is 60.4 Å². The Morgan fingerprint density at radius 1 is 1.03 bits per heavy atom. The van der Waals surface area contributed by atoms with Gasteiger partial charge < -0.3 is 9.64 Å². The molecule has 0 saturated carbocycles. The minimum absolute atomic E-state index is 0.0617. The Bertz CT molecular complexity index is 1040. The van der Waals surface area contributed by atoms with Crippen LogP contribution >= 0.6 is 11.8 Å². The third-order valence-corrected chi connectivity index (χ3v) is 5.46. The normalized spacial score (nSPS) is 10.7. The van der Waals surface area contributed by atoms with Crippen LogP contribution in [0, 0.1) is 5.82 Å². The Labute approximate surface area is 184 Å². The summed E-state index contributed by atoms with van der Waals surface area (Å²) in [6.45, 7) is 4.54. The molecule has 0 spiro atoms. The monoisotopic (exact) mass is 442 g/mol. The second-order valence-corrected chi connectivity index (χ2v) is 7.41. The highest BCUT2D eigenvalue weighted by Crippen LogP contribution is 2.29. The van der Waals surface area contributed by atoms with Gasteiger partial charge >= 0.3 is 5.97 Å². The molecule has 31 heavy (non-hydrogen) atoms. The number of thioether (sulfide) groups is 1. The number of hydrogen-bond donors (Lipinski definition) is 0. The second kappa shape index (κ2) is 10.7. The number of aromatic nitrogens is 3. The van der Waals surface area contributed by atoms with Gasteiger partial charge in [0.2, 0.25) is 0 Å². The molecule has 7 nitrogen and oxygen atoms in total. The van der Waals surface area contributed by atoms with Crippen molar-refractivity contribution in [2.24, 2.45) is 0 Å². The van der Waals surface area contributed by atoms with Crippen molar-refractivity contribution in [1.29, 1.82) is 0 Å². The van der Waals surface area contributed by atoms with E-state index in [1.54, 1.807) is 27.7 Å². The molecule has 2 aromatic carbocycles. The summed E-state index contributed by atoms with van der Waals surface area (Å²) in [4.78, 5) is 25.8. The number of amides is 1. The van der Waals surface area contributed by atoms with Gasteiger partial charge in [-0.25, -0.2) is 4.39 Å². The zero-order valence-electron chi connectivity index (χ0n) is 17.3. The lowest BCUT2D eigenvalue weighted by Gasteiger charge is -2.18. The highest BCUT2D eigenvalue weighted by Gasteiger charge is 2.20. The molecular weight excluding hydrogens is 419 g/mol. The summed E-state index contributed by atoms with van der Waals surface area (Å²) in [6.07, 6.45) is 0. The maximum atomic E-state index is 14.4. The third kappa shape index (κ3) is 5.49. The average molecular weight is 443 g/mol. The Balaban J connectivity index is 1.77. The van der Waals surface area contributed by atoms with E-state index >= 15 is 0 Å². The predicted octanol–water partition coefficient (Wildman–Crippen LogP) is 3.58. The molecule has 3 aromatic rings. The van der Waals surface area contributed by atoms with E-state index in [9.17, 15) is 14.0 Å². The number of ether oxygens (including phenoxy) is 1. The summed E-state index contributed by atoms with van der Waals surface area (Å²) < 4.78 is 21.2. The van der Waals surface area contributed by atoms with Crippen LogP contribution in [0.4, 0.5) is 4.39 Å². The topological polar surface area (TPSA) is 77.3 Å². The number of nitrogens with zero attached hydrogens (tertiary/aromatic N) is 4. The van der Waals surface area contributed by atoms with Crippen molar-refractivity contribution in [3.8, 4) is 17.1 Å². The maximum Gasteiger partial charge on any atom is 0.316 e. The minimum atomic E-state index is -0.541. The van der Waals surface area contributed by atoms with Crippen molar-refractivity contribution in [3.63, 3.8) is 0 Å². The van der Waals surface area contributed by atoms with Gasteiger partial charge in [-0.3, -0.25) is 14.2 Å².